The summed E-state index contributed by atoms with van der Waals surface area (Å²) in [5.74, 6) is -0.322. The number of nitrogens with zero attached hydrogens (tertiary/aromatic N) is 2. The number of hydrogen-bond acceptors (Lipinski definition) is 2. The van der Waals surface area contributed by atoms with Gasteiger partial charge in [-0.15, -0.1) is 0 Å². The van der Waals surface area contributed by atoms with Crippen LogP contribution in [0.4, 0.5) is 10.1 Å². The maximum Gasteiger partial charge on any atom is 0.187 e. The quantitative estimate of drug-likeness (QED) is 0.753. The minimum Gasteiger partial charge on any atom is -0.361 e. The van der Waals surface area contributed by atoms with Crippen LogP contribution in [0.25, 0.3) is 4.85 Å². The van der Waals surface area contributed by atoms with Gasteiger partial charge >= 0.3 is 0 Å². The van der Waals surface area contributed by atoms with Crippen LogP contribution >= 0.6 is 0 Å². The maximum absolute atomic E-state index is 13.4. The van der Waals surface area contributed by atoms with E-state index in [1.807, 2.05) is 12.1 Å². The van der Waals surface area contributed by atoms with Crippen LogP contribution in [0.1, 0.15) is 33.6 Å². The summed E-state index contributed by atoms with van der Waals surface area (Å²) in [6.45, 7) is 5.81. The van der Waals surface area contributed by atoms with Crippen LogP contribution in [0, 0.1) is 12.4 Å². The van der Waals surface area contributed by atoms with Gasteiger partial charge in [-0.1, -0.05) is 30.3 Å². The lowest BCUT2D eigenvalue weighted by molar-refractivity contribution is -0.0140. The van der Waals surface area contributed by atoms with E-state index in [1.165, 1.54) is 17.0 Å². The number of fused-ring (bicyclic) bond motifs is 1. The molecule has 1 heterocycles. The van der Waals surface area contributed by atoms with Crippen LogP contribution in [-0.2, 0) is 16.9 Å². The van der Waals surface area contributed by atoms with E-state index in [0.29, 0.717) is 31.7 Å². The average molecular weight is 327 g/mol. The summed E-state index contributed by atoms with van der Waals surface area (Å²) in [5, 5.41) is 0. The molecule has 0 saturated heterocycles. The van der Waals surface area contributed by atoms with Crippen molar-refractivity contribution in [3.05, 3.63) is 76.4 Å². The smallest absolute Gasteiger partial charge is 0.187 e. The third-order valence-corrected chi connectivity index (χ3v) is 4.46. The largest absolute Gasteiger partial charge is 0.361 e. The lowest BCUT2D eigenvalue weighted by atomic mass is 9.82. The van der Waals surface area contributed by atoms with Crippen LogP contribution in [0.15, 0.2) is 42.5 Å². The van der Waals surface area contributed by atoms with Crippen molar-refractivity contribution in [2.24, 2.45) is 0 Å². The van der Waals surface area contributed by atoms with Gasteiger partial charge in [0.15, 0.2) is 5.69 Å². The zero-order valence-corrected chi connectivity index (χ0v) is 13.6. The van der Waals surface area contributed by atoms with E-state index >= 15 is 0 Å². The third-order valence-electron chi connectivity index (χ3n) is 4.46. The van der Waals surface area contributed by atoms with Crippen molar-refractivity contribution in [3.8, 4) is 0 Å². The minimum atomic E-state index is -2.14. The monoisotopic (exact) mass is 327 g/mol. The molecule has 2 aromatic rings. The fraction of sp³-hybridized carbons (Fsp3) is 0.350. The van der Waals surface area contributed by atoms with Crippen LogP contribution in [0.2, 0.25) is 0 Å². The molecule has 1 aliphatic rings. The first-order chi connectivity index (χ1) is 12.8. The van der Waals surface area contributed by atoms with Crippen molar-refractivity contribution in [1.82, 2.24) is 4.90 Å². The summed E-state index contributed by atoms with van der Waals surface area (Å²) in [4.78, 5) is 4.80. The van der Waals surface area contributed by atoms with Crippen molar-refractivity contribution in [2.75, 3.05) is 20.6 Å². The van der Waals surface area contributed by atoms with E-state index in [0.717, 1.165) is 16.7 Å². The van der Waals surface area contributed by atoms with Crippen LogP contribution in [0.5, 0.6) is 0 Å². The summed E-state index contributed by atoms with van der Waals surface area (Å²) < 4.78 is 42.1. The molecule has 24 heavy (non-hydrogen) atoms. The Kier molecular flexibility index (Phi) is 3.67. The Morgan fingerprint density at radius 3 is 2.83 bits per heavy atom. The molecule has 0 amide bonds. The number of rotatable bonds is 5. The summed E-state index contributed by atoms with van der Waals surface area (Å²) in [7, 11) is 1.57. The van der Waals surface area contributed by atoms with E-state index in [4.69, 9.17) is 15.4 Å². The standard InChI is InChI=1S/C20H21FN2O/c1-22-18-9-10-19-15(13-18)14-24-20(19,11-4-12-23(2)3)16-5-7-17(21)8-6-16/h5-10,13H,4,11-12,14H2,2-3H3/t20-/m0/s1/i2D3. The van der Waals surface area contributed by atoms with Gasteiger partial charge in [0.2, 0.25) is 0 Å². The molecule has 0 aromatic heterocycles. The Balaban J connectivity index is 1.93. The topological polar surface area (TPSA) is 16.8 Å². The van der Waals surface area contributed by atoms with Gasteiger partial charge in [0.1, 0.15) is 11.4 Å². The Morgan fingerprint density at radius 1 is 1.33 bits per heavy atom. The second-order valence-corrected chi connectivity index (χ2v) is 6.10. The van der Waals surface area contributed by atoms with Crippen molar-refractivity contribution in [2.45, 2.75) is 25.0 Å². The van der Waals surface area contributed by atoms with Gasteiger partial charge in [-0.05, 0) is 62.2 Å². The van der Waals surface area contributed by atoms with Gasteiger partial charge in [0.25, 0.3) is 0 Å². The number of halogens is 1. The molecular weight excluding hydrogens is 303 g/mol. The molecule has 0 fully saturated rings. The second kappa shape index (κ2) is 6.72. The molecule has 0 bridgehead atoms. The fourth-order valence-electron chi connectivity index (χ4n) is 3.32. The van der Waals surface area contributed by atoms with Gasteiger partial charge in [0, 0.05) is 4.11 Å². The first-order valence-electron chi connectivity index (χ1n) is 9.38. The maximum atomic E-state index is 13.4. The SMILES string of the molecule is [2H]C([2H])([2H])N(C)CCC[C@@]1(c2ccc(F)cc2)OCc2cc([N+]#[C-])ccc21. The molecule has 1 atom stereocenters. The van der Waals surface area contributed by atoms with Crippen molar-refractivity contribution in [3.63, 3.8) is 0 Å². The van der Waals surface area contributed by atoms with Crippen molar-refractivity contribution >= 4 is 5.69 Å². The van der Waals surface area contributed by atoms with Gasteiger partial charge in [-0.3, -0.25) is 0 Å². The summed E-state index contributed by atoms with van der Waals surface area (Å²) in [6, 6.07) is 11.7. The molecule has 0 spiro atoms. The first kappa shape index (κ1) is 13.1. The highest BCUT2D eigenvalue weighted by atomic mass is 19.1. The van der Waals surface area contributed by atoms with Gasteiger partial charge < -0.3 is 9.64 Å². The lowest BCUT2D eigenvalue weighted by Gasteiger charge is -2.31. The Hall–Kier alpha value is -2.22. The highest BCUT2D eigenvalue weighted by Crippen LogP contribution is 2.46. The molecule has 2 aromatic carbocycles. The summed E-state index contributed by atoms with van der Waals surface area (Å²) in [5.41, 5.74) is 2.51. The van der Waals surface area contributed by atoms with Gasteiger partial charge in [0.05, 0.1) is 13.2 Å². The second-order valence-electron chi connectivity index (χ2n) is 6.10. The summed E-state index contributed by atoms with van der Waals surface area (Å²) in [6.07, 6.45) is 1.15. The minimum absolute atomic E-state index is 0.322. The fourth-order valence-corrected chi connectivity index (χ4v) is 3.32. The third kappa shape index (κ3) is 3.06. The van der Waals surface area contributed by atoms with Crippen molar-refractivity contribution in [1.29, 1.82) is 0 Å². The van der Waals surface area contributed by atoms with Crippen LogP contribution in [0.3, 0.4) is 0 Å². The molecule has 0 N–H and O–H groups in total. The predicted molar refractivity (Wildman–Crippen MR) is 92.5 cm³/mol. The Bertz CT molecular complexity index is 861. The van der Waals surface area contributed by atoms with E-state index in [2.05, 4.69) is 4.85 Å². The average Bonchev–Trinajstić information content (AvgIpc) is 3.00. The Morgan fingerprint density at radius 2 is 2.12 bits per heavy atom. The molecule has 3 rings (SSSR count). The lowest BCUT2D eigenvalue weighted by Crippen LogP contribution is -2.28. The number of hydrogen-bond donors (Lipinski definition) is 0. The van der Waals surface area contributed by atoms with Crippen LogP contribution in [-0.4, -0.2) is 25.5 Å². The van der Waals surface area contributed by atoms with Crippen LogP contribution < -0.4 is 0 Å². The normalized spacial score (nSPS) is 21.7. The highest BCUT2D eigenvalue weighted by Gasteiger charge is 2.41. The van der Waals surface area contributed by atoms with Crippen molar-refractivity contribution < 1.29 is 13.2 Å². The number of ether oxygens (including phenoxy) is 1. The molecule has 124 valence electrons. The van der Waals surface area contributed by atoms with Gasteiger partial charge in [-0.25, -0.2) is 9.24 Å². The van der Waals surface area contributed by atoms with E-state index < -0.39 is 12.6 Å². The zero-order chi connectivity index (χ0) is 19.7. The van der Waals surface area contributed by atoms with E-state index in [9.17, 15) is 4.39 Å². The summed E-state index contributed by atoms with van der Waals surface area (Å²) >= 11 is 0. The van der Waals surface area contributed by atoms with Gasteiger partial charge in [-0.2, -0.15) is 0 Å². The first-order valence-corrected chi connectivity index (χ1v) is 7.88. The molecule has 0 unspecified atom stereocenters. The molecule has 0 radical (unpaired) electrons. The highest BCUT2D eigenvalue weighted by molar-refractivity contribution is 5.54. The molecule has 3 nitrogen and oxygen atoms in total. The molecule has 0 saturated carbocycles. The number of benzene rings is 2. The Labute approximate surface area is 146 Å². The molecule has 4 heteroatoms. The predicted octanol–water partition coefficient (Wildman–Crippen LogP) is 4.49. The molecular formula is C20H21FN2O. The zero-order valence-electron chi connectivity index (χ0n) is 16.6. The molecule has 1 aliphatic heterocycles. The molecule has 0 aliphatic carbocycles. The van der Waals surface area contributed by atoms with E-state index in [-0.39, 0.29) is 5.82 Å². The van der Waals surface area contributed by atoms with E-state index in [1.54, 1.807) is 25.2 Å².